The number of hydrogen-bond acceptors (Lipinski definition) is 9. The van der Waals surface area contributed by atoms with Crippen molar-refractivity contribution in [1.29, 1.82) is 0 Å². The van der Waals surface area contributed by atoms with Crippen LogP contribution in [0.1, 0.15) is 32.1 Å². The number of primary amides is 1. The molecule has 0 heterocycles. The van der Waals surface area contributed by atoms with Crippen LogP contribution in [0, 0.1) is 0 Å². The fourth-order valence-electron chi connectivity index (χ4n) is 2.51. The molecule has 34 heavy (non-hydrogen) atoms. The summed E-state index contributed by atoms with van der Waals surface area (Å²) >= 11 is 1.41. The van der Waals surface area contributed by atoms with Gasteiger partial charge in [0.25, 0.3) is 0 Å². The molecular weight excluding hydrogens is 478 g/mol. The van der Waals surface area contributed by atoms with Gasteiger partial charge >= 0.3 is 17.9 Å². The molecule has 0 aromatic heterocycles. The Morgan fingerprint density at radius 3 is 1.59 bits per heavy atom. The minimum atomic E-state index is -1.82. The zero-order valence-corrected chi connectivity index (χ0v) is 19.1. The van der Waals surface area contributed by atoms with E-state index >= 15 is 0 Å². The standard InChI is InChI=1S/C18H29N5O10S/c1-34-5-4-8(19)15(29)22-10(6-13(25)26)17(31)23-11(7-14(27)28)16(30)21-9(18(32)33)2-3-12(20)24/h8-11H,2-7,19H2,1H3,(H2,20,24)(H,21,30)(H,22,29)(H,23,31)(H,25,26)(H,27,28)(H,32,33). The van der Waals surface area contributed by atoms with Crippen LogP contribution in [0.3, 0.4) is 0 Å². The summed E-state index contributed by atoms with van der Waals surface area (Å²) in [6.07, 6.45) is -0.653. The van der Waals surface area contributed by atoms with Crippen LogP contribution < -0.4 is 27.4 Å². The molecule has 0 saturated carbocycles. The lowest BCUT2D eigenvalue weighted by atomic mass is 10.1. The highest BCUT2D eigenvalue weighted by atomic mass is 32.2. The molecule has 4 unspecified atom stereocenters. The molecular formula is C18H29N5O10S. The summed E-state index contributed by atoms with van der Waals surface area (Å²) in [5.41, 5.74) is 10.6. The zero-order chi connectivity index (χ0) is 26.4. The summed E-state index contributed by atoms with van der Waals surface area (Å²) < 4.78 is 0. The number of aliphatic carboxylic acids is 3. The number of nitrogens with two attached hydrogens (primary N) is 2. The van der Waals surface area contributed by atoms with Crippen molar-refractivity contribution in [3.8, 4) is 0 Å². The van der Waals surface area contributed by atoms with Gasteiger partial charge in [-0.05, 0) is 24.9 Å². The molecule has 0 fully saturated rings. The Kier molecular flexibility index (Phi) is 13.9. The van der Waals surface area contributed by atoms with Crippen molar-refractivity contribution in [2.45, 2.75) is 56.3 Å². The predicted octanol–water partition coefficient (Wildman–Crippen LogP) is -3.18. The number of amides is 4. The molecule has 0 aliphatic rings. The van der Waals surface area contributed by atoms with Crippen LogP contribution in [0.5, 0.6) is 0 Å². The molecule has 0 bridgehead atoms. The molecule has 0 radical (unpaired) electrons. The van der Waals surface area contributed by atoms with E-state index in [9.17, 15) is 38.7 Å². The second-order valence-corrected chi connectivity index (χ2v) is 8.10. The lowest BCUT2D eigenvalue weighted by Gasteiger charge is -2.24. The summed E-state index contributed by atoms with van der Waals surface area (Å²) in [6.45, 7) is 0. The van der Waals surface area contributed by atoms with E-state index in [1.165, 1.54) is 11.8 Å². The Balaban J connectivity index is 5.50. The Hall–Kier alpha value is -3.40. The summed E-state index contributed by atoms with van der Waals surface area (Å²) in [5, 5.41) is 33.5. The van der Waals surface area contributed by atoms with Gasteiger partial charge in [-0.15, -0.1) is 0 Å². The molecule has 0 rings (SSSR count). The maximum atomic E-state index is 12.6. The van der Waals surface area contributed by atoms with E-state index in [1.54, 1.807) is 6.26 Å². The zero-order valence-electron chi connectivity index (χ0n) is 18.3. The fourth-order valence-corrected chi connectivity index (χ4v) is 3.00. The van der Waals surface area contributed by atoms with Gasteiger partial charge in [0.15, 0.2) is 0 Å². The van der Waals surface area contributed by atoms with Crippen molar-refractivity contribution < 1.29 is 48.9 Å². The lowest BCUT2D eigenvalue weighted by molar-refractivity contribution is -0.145. The molecule has 0 aromatic rings. The van der Waals surface area contributed by atoms with Crippen molar-refractivity contribution in [3.63, 3.8) is 0 Å². The van der Waals surface area contributed by atoms with Gasteiger partial charge in [-0.3, -0.25) is 28.8 Å². The van der Waals surface area contributed by atoms with Crippen molar-refractivity contribution in [2.75, 3.05) is 12.0 Å². The summed E-state index contributed by atoms with van der Waals surface area (Å²) in [7, 11) is 0. The van der Waals surface area contributed by atoms with Gasteiger partial charge in [0.2, 0.25) is 23.6 Å². The van der Waals surface area contributed by atoms with E-state index in [2.05, 4.69) is 5.32 Å². The molecule has 0 aliphatic heterocycles. The van der Waals surface area contributed by atoms with Crippen LogP contribution in [0.25, 0.3) is 0 Å². The van der Waals surface area contributed by atoms with Gasteiger partial charge in [0, 0.05) is 6.42 Å². The second kappa shape index (κ2) is 15.4. The van der Waals surface area contributed by atoms with E-state index in [0.717, 1.165) is 0 Å². The maximum Gasteiger partial charge on any atom is 0.326 e. The molecule has 0 aliphatic carbocycles. The van der Waals surface area contributed by atoms with E-state index in [-0.39, 0.29) is 6.42 Å². The number of carboxylic acid groups (broad SMARTS) is 3. The highest BCUT2D eigenvalue weighted by molar-refractivity contribution is 7.98. The number of carbonyl (C=O) groups excluding carboxylic acids is 4. The molecule has 15 nitrogen and oxygen atoms in total. The summed E-state index contributed by atoms with van der Waals surface area (Å²) in [6, 6.07) is -6.17. The molecule has 10 N–H and O–H groups in total. The average molecular weight is 508 g/mol. The highest BCUT2D eigenvalue weighted by Gasteiger charge is 2.32. The third kappa shape index (κ3) is 12.6. The Morgan fingerprint density at radius 2 is 1.21 bits per heavy atom. The molecule has 0 aromatic carbocycles. The van der Waals surface area contributed by atoms with Gasteiger partial charge in [0.1, 0.15) is 18.1 Å². The van der Waals surface area contributed by atoms with E-state index in [1.807, 2.05) is 10.6 Å². The van der Waals surface area contributed by atoms with Gasteiger partial charge in [-0.25, -0.2) is 4.79 Å². The van der Waals surface area contributed by atoms with Crippen molar-refractivity contribution in [3.05, 3.63) is 0 Å². The monoisotopic (exact) mass is 507 g/mol. The molecule has 0 saturated heterocycles. The van der Waals surface area contributed by atoms with Crippen LogP contribution in [0.15, 0.2) is 0 Å². The number of nitrogens with one attached hydrogen (secondary N) is 3. The minimum absolute atomic E-state index is 0.236. The third-order valence-corrected chi connectivity index (χ3v) is 4.93. The molecule has 4 amide bonds. The van der Waals surface area contributed by atoms with Crippen LogP contribution in [0.4, 0.5) is 0 Å². The van der Waals surface area contributed by atoms with E-state index in [0.29, 0.717) is 5.75 Å². The number of carbonyl (C=O) groups is 7. The SMILES string of the molecule is CSCCC(N)C(=O)NC(CC(=O)O)C(=O)NC(CC(=O)O)C(=O)NC(CCC(N)=O)C(=O)O. The van der Waals surface area contributed by atoms with Gasteiger partial charge < -0.3 is 42.7 Å². The highest BCUT2D eigenvalue weighted by Crippen LogP contribution is 2.04. The Labute approximate surface area is 198 Å². The van der Waals surface area contributed by atoms with Gasteiger partial charge in [0.05, 0.1) is 18.9 Å². The first kappa shape index (κ1) is 30.6. The van der Waals surface area contributed by atoms with Gasteiger partial charge in [-0.1, -0.05) is 0 Å². The largest absolute Gasteiger partial charge is 0.481 e. The molecule has 16 heteroatoms. The van der Waals surface area contributed by atoms with Crippen LogP contribution in [0.2, 0.25) is 0 Å². The van der Waals surface area contributed by atoms with E-state index in [4.69, 9.17) is 21.7 Å². The predicted molar refractivity (Wildman–Crippen MR) is 117 cm³/mol. The Bertz CT molecular complexity index is 793. The number of carboxylic acids is 3. The first-order valence-electron chi connectivity index (χ1n) is 9.88. The summed E-state index contributed by atoms with van der Waals surface area (Å²) in [5.74, 6) is -8.11. The Morgan fingerprint density at radius 1 is 0.765 bits per heavy atom. The first-order chi connectivity index (χ1) is 15.8. The first-order valence-corrected chi connectivity index (χ1v) is 11.3. The smallest absolute Gasteiger partial charge is 0.326 e. The van der Waals surface area contributed by atoms with Crippen molar-refractivity contribution in [1.82, 2.24) is 16.0 Å². The molecule has 4 atom stereocenters. The maximum absolute atomic E-state index is 12.6. The molecule has 0 spiro atoms. The normalized spacial score (nSPS) is 14.1. The van der Waals surface area contributed by atoms with Crippen LogP contribution in [-0.4, -0.2) is 93.0 Å². The lowest BCUT2D eigenvalue weighted by Crippen LogP contribution is -2.58. The van der Waals surface area contributed by atoms with E-state index < -0.39 is 91.4 Å². The minimum Gasteiger partial charge on any atom is -0.481 e. The summed E-state index contributed by atoms with van der Waals surface area (Å²) in [4.78, 5) is 81.8. The van der Waals surface area contributed by atoms with Gasteiger partial charge in [-0.2, -0.15) is 11.8 Å². The van der Waals surface area contributed by atoms with Crippen molar-refractivity contribution >= 4 is 53.3 Å². The topological polar surface area (TPSA) is 268 Å². The number of thioether (sulfide) groups is 1. The quantitative estimate of drug-likeness (QED) is 0.0968. The fraction of sp³-hybridized carbons (Fsp3) is 0.611. The number of rotatable bonds is 17. The third-order valence-electron chi connectivity index (χ3n) is 4.29. The van der Waals surface area contributed by atoms with Crippen LogP contribution in [-0.2, 0) is 33.6 Å². The molecule has 192 valence electrons. The van der Waals surface area contributed by atoms with Crippen LogP contribution >= 0.6 is 11.8 Å². The average Bonchev–Trinajstić information content (AvgIpc) is 2.72. The van der Waals surface area contributed by atoms with Crippen molar-refractivity contribution in [2.24, 2.45) is 11.5 Å². The second-order valence-electron chi connectivity index (χ2n) is 7.11. The number of hydrogen-bond donors (Lipinski definition) is 8.